The fourth-order valence-electron chi connectivity index (χ4n) is 1.46. The van der Waals surface area contributed by atoms with Crippen molar-refractivity contribution in [2.24, 2.45) is 0 Å². The molecule has 94 valence electrons. The van der Waals surface area contributed by atoms with E-state index in [1.165, 1.54) is 18.4 Å². The maximum atomic E-state index is 11.5. The molecule has 1 N–H and O–H groups in total. The van der Waals surface area contributed by atoms with Crippen LogP contribution in [0.2, 0.25) is 0 Å². The number of amides is 1. The molecule has 1 heterocycles. The monoisotopic (exact) mass is 249 g/mol. The lowest BCUT2D eigenvalue weighted by Gasteiger charge is -2.20. The third-order valence-corrected chi connectivity index (χ3v) is 4.44. The van der Waals surface area contributed by atoms with Gasteiger partial charge in [0, 0.05) is 46.7 Å². The van der Waals surface area contributed by atoms with Crippen LogP contribution in [0.1, 0.15) is 6.42 Å². The van der Waals surface area contributed by atoms with Gasteiger partial charge >= 0.3 is 0 Å². The van der Waals surface area contributed by atoms with Crippen LogP contribution in [0.15, 0.2) is 0 Å². The normalized spacial score (nSPS) is 19.6. The number of nitrogens with zero attached hydrogens (tertiary/aromatic N) is 2. The van der Waals surface area contributed by atoms with Gasteiger partial charge in [-0.2, -0.15) is 0 Å². The van der Waals surface area contributed by atoms with Crippen LogP contribution in [0.4, 0.5) is 0 Å². The summed E-state index contributed by atoms with van der Waals surface area (Å²) in [6, 6.07) is 0. The Morgan fingerprint density at radius 1 is 1.38 bits per heavy atom. The van der Waals surface area contributed by atoms with Crippen LogP contribution in [0, 0.1) is 0 Å². The first kappa shape index (κ1) is 13.4. The first-order chi connectivity index (χ1) is 7.42. The second kappa shape index (κ2) is 5.60. The molecule has 1 saturated heterocycles. The van der Waals surface area contributed by atoms with E-state index in [0.717, 1.165) is 0 Å². The zero-order chi connectivity index (χ0) is 12.2. The molecule has 0 spiro atoms. The van der Waals surface area contributed by atoms with E-state index < -0.39 is 10.0 Å². The van der Waals surface area contributed by atoms with Gasteiger partial charge in [-0.3, -0.25) is 4.79 Å². The molecule has 0 bridgehead atoms. The van der Waals surface area contributed by atoms with Crippen molar-refractivity contribution < 1.29 is 13.2 Å². The molecular formula is C9H19N3O3S. The molecule has 0 saturated carbocycles. The molecule has 0 atom stereocenters. The minimum atomic E-state index is -3.14. The lowest BCUT2D eigenvalue weighted by atomic mass is 10.4. The van der Waals surface area contributed by atoms with E-state index in [2.05, 4.69) is 5.32 Å². The number of hydrogen-bond acceptors (Lipinski definition) is 4. The van der Waals surface area contributed by atoms with Crippen molar-refractivity contribution in [3.05, 3.63) is 0 Å². The molecule has 1 aliphatic rings. The molecule has 7 heteroatoms. The fourth-order valence-corrected chi connectivity index (χ4v) is 2.32. The van der Waals surface area contributed by atoms with Gasteiger partial charge in [-0.1, -0.05) is 0 Å². The molecule has 6 nitrogen and oxygen atoms in total. The number of nitrogens with one attached hydrogen (secondary N) is 1. The Kier molecular flexibility index (Phi) is 4.69. The Morgan fingerprint density at radius 3 is 2.69 bits per heavy atom. The van der Waals surface area contributed by atoms with E-state index in [1.54, 1.807) is 0 Å². The smallest absolute Gasteiger partial charge is 0.221 e. The van der Waals surface area contributed by atoms with Crippen molar-refractivity contribution in [1.29, 1.82) is 0 Å². The lowest BCUT2D eigenvalue weighted by molar-refractivity contribution is -0.120. The number of sulfonamides is 1. The second-order valence-corrected chi connectivity index (χ2v) is 6.34. The summed E-state index contributed by atoms with van der Waals surface area (Å²) in [7, 11) is -0.0755. The molecule has 0 aromatic rings. The summed E-state index contributed by atoms with van der Waals surface area (Å²) in [5, 5.41) is 2.75. The lowest BCUT2D eigenvalue weighted by Crippen LogP contribution is -2.35. The minimum absolute atomic E-state index is 0.0398. The number of carbonyl (C=O) groups is 1. The molecule has 1 aliphatic heterocycles. The molecule has 1 fully saturated rings. The van der Waals surface area contributed by atoms with Crippen molar-refractivity contribution in [2.75, 3.05) is 46.0 Å². The third kappa shape index (κ3) is 4.07. The van der Waals surface area contributed by atoms with Crippen molar-refractivity contribution in [1.82, 2.24) is 14.5 Å². The summed E-state index contributed by atoms with van der Waals surface area (Å²) in [5.74, 6) is 0.145. The highest BCUT2D eigenvalue weighted by Crippen LogP contribution is 2.00. The van der Waals surface area contributed by atoms with Crippen molar-refractivity contribution in [3.8, 4) is 0 Å². The van der Waals surface area contributed by atoms with Crippen LogP contribution in [0.3, 0.4) is 0 Å². The van der Waals surface area contributed by atoms with Gasteiger partial charge in [0.1, 0.15) is 0 Å². The quantitative estimate of drug-likeness (QED) is 0.672. The summed E-state index contributed by atoms with van der Waals surface area (Å²) in [6.07, 6.45) is 0.446. The van der Waals surface area contributed by atoms with Crippen LogP contribution in [0.25, 0.3) is 0 Å². The van der Waals surface area contributed by atoms with E-state index >= 15 is 0 Å². The van der Waals surface area contributed by atoms with Gasteiger partial charge in [0.05, 0.1) is 5.75 Å². The highest BCUT2D eigenvalue weighted by Gasteiger charge is 2.18. The first-order valence-corrected chi connectivity index (χ1v) is 6.92. The number of hydrogen-bond donors (Lipinski definition) is 1. The molecule has 0 aliphatic carbocycles. The summed E-state index contributed by atoms with van der Waals surface area (Å²) in [6.45, 7) is 2.43. The maximum absolute atomic E-state index is 11.5. The van der Waals surface area contributed by atoms with Crippen LogP contribution in [0.5, 0.6) is 0 Å². The molecule has 0 aromatic heterocycles. The van der Waals surface area contributed by atoms with E-state index in [0.29, 0.717) is 32.6 Å². The highest BCUT2D eigenvalue weighted by atomic mass is 32.2. The summed E-state index contributed by atoms with van der Waals surface area (Å²) >= 11 is 0. The average molecular weight is 249 g/mol. The average Bonchev–Trinajstić information content (AvgIpc) is 2.40. The van der Waals surface area contributed by atoms with E-state index in [9.17, 15) is 13.2 Å². The van der Waals surface area contributed by atoms with Gasteiger partial charge in [0.2, 0.25) is 15.9 Å². The standard InChI is InChI=1S/C9H19N3O3S/c1-11(2)16(14,15)8-7-12-5-3-9(13)10-4-6-12/h3-8H2,1-2H3,(H,10,13). The van der Waals surface area contributed by atoms with Crippen LogP contribution in [-0.2, 0) is 14.8 Å². The Hall–Kier alpha value is -0.660. The zero-order valence-electron chi connectivity index (χ0n) is 9.77. The van der Waals surface area contributed by atoms with Crippen molar-refractivity contribution in [3.63, 3.8) is 0 Å². The minimum Gasteiger partial charge on any atom is -0.355 e. The van der Waals surface area contributed by atoms with Crippen LogP contribution >= 0.6 is 0 Å². The van der Waals surface area contributed by atoms with Gasteiger partial charge in [0.25, 0.3) is 0 Å². The van der Waals surface area contributed by atoms with Gasteiger partial charge in [-0.15, -0.1) is 0 Å². The van der Waals surface area contributed by atoms with Gasteiger partial charge in [-0.05, 0) is 0 Å². The Labute approximate surface area is 96.6 Å². The SMILES string of the molecule is CN(C)S(=O)(=O)CCN1CCNC(=O)CC1. The predicted octanol–water partition coefficient (Wildman–Crippen LogP) is -1.30. The van der Waals surface area contributed by atoms with Gasteiger partial charge in [-0.25, -0.2) is 12.7 Å². The highest BCUT2D eigenvalue weighted by molar-refractivity contribution is 7.89. The van der Waals surface area contributed by atoms with Crippen LogP contribution < -0.4 is 5.32 Å². The van der Waals surface area contributed by atoms with E-state index in [4.69, 9.17) is 0 Å². The summed E-state index contributed by atoms with van der Waals surface area (Å²) < 4.78 is 24.3. The molecule has 0 unspecified atom stereocenters. The number of rotatable bonds is 4. The third-order valence-electron chi connectivity index (χ3n) is 2.63. The summed E-state index contributed by atoms with van der Waals surface area (Å²) in [4.78, 5) is 13.1. The van der Waals surface area contributed by atoms with Crippen LogP contribution in [-0.4, -0.2) is 69.6 Å². The Morgan fingerprint density at radius 2 is 2.06 bits per heavy atom. The maximum Gasteiger partial charge on any atom is 0.221 e. The Bertz CT molecular complexity index is 340. The molecule has 16 heavy (non-hydrogen) atoms. The fraction of sp³-hybridized carbons (Fsp3) is 0.889. The second-order valence-electron chi connectivity index (χ2n) is 4.04. The first-order valence-electron chi connectivity index (χ1n) is 5.31. The van der Waals surface area contributed by atoms with E-state index in [-0.39, 0.29) is 11.7 Å². The molecule has 0 radical (unpaired) electrons. The zero-order valence-corrected chi connectivity index (χ0v) is 10.6. The van der Waals surface area contributed by atoms with Crippen molar-refractivity contribution >= 4 is 15.9 Å². The predicted molar refractivity (Wildman–Crippen MR) is 61.5 cm³/mol. The largest absolute Gasteiger partial charge is 0.355 e. The molecule has 0 aromatic carbocycles. The van der Waals surface area contributed by atoms with Crippen molar-refractivity contribution in [2.45, 2.75) is 6.42 Å². The molecule has 1 rings (SSSR count). The van der Waals surface area contributed by atoms with Gasteiger partial charge < -0.3 is 10.2 Å². The van der Waals surface area contributed by atoms with Gasteiger partial charge in [0.15, 0.2) is 0 Å². The number of carbonyl (C=O) groups excluding carboxylic acids is 1. The topological polar surface area (TPSA) is 69.7 Å². The molecule has 1 amide bonds. The summed E-state index contributed by atoms with van der Waals surface area (Å²) in [5.41, 5.74) is 0. The molecular weight excluding hydrogens is 230 g/mol. The Balaban J connectivity index is 2.40. The van der Waals surface area contributed by atoms with E-state index in [1.807, 2.05) is 4.90 Å².